The van der Waals surface area contributed by atoms with Crippen molar-refractivity contribution < 1.29 is 32.3 Å². The molecule has 1 aromatic rings. The second kappa shape index (κ2) is 7.95. The van der Waals surface area contributed by atoms with Crippen LogP contribution >= 0.6 is 0 Å². The number of ether oxygens (including phenoxy) is 2. The highest BCUT2D eigenvalue weighted by Gasteiger charge is 2.29. The molecule has 146 valence electrons. The summed E-state index contributed by atoms with van der Waals surface area (Å²) in [6.45, 7) is -0.470. The molecule has 0 aromatic heterocycles. The Hall–Kier alpha value is -2.62. The van der Waals surface area contributed by atoms with Crippen molar-refractivity contribution in [2.45, 2.75) is 18.9 Å². The van der Waals surface area contributed by atoms with Crippen LogP contribution in [0, 0.1) is 0 Å². The van der Waals surface area contributed by atoms with Gasteiger partial charge >= 0.3 is 5.97 Å². The first-order valence-electron chi connectivity index (χ1n) is 8.52. The number of amides is 2. The van der Waals surface area contributed by atoms with Crippen LogP contribution < -0.4 is 15.0 Å². The summed E-state index contributed by atoms with van der Waals surface area (Å²) < 4.78 is 33.0. The molecule has 2 aliphatic heterocycles. The smallest absolute Gasteiger partial charge is 0.308 e. The predicted octanol–water partition coefficient (Wildman–Crippen LogP) is -0.351. The number of para-hydroxylation sites is 2. The van der Waals surface area contributed by atoms with Crippen LogP contribution in [0.5, 0.6) is 5.75 Å². The van der Waals surface area contributed by atoms with E-state index in [1.165, 1.54) is 4.90 Å². The van der Waals surface area contributed by atoms with Crippen molar-refractivity contribution in [2.75, 3.05) is 36.2 Å². The van der Waals surface area contributed by atoms with Gasteiger partial charge in [0.05, 0.1) is 23.6 Å². The number of hydrogen-bond acceptors (Lipinski definition) is 7. The summed E-state index contributed by atoms with van der Waals surface area (Å²) in [6, 6.07) is 6.57. The maximum atomic E-state index is 12.0. The second-order valence-corrected chi connectivity index (χ2v) is 8.61. The van der Waals surface area contributed by atoms with Crippen LogP contribution in [0.4, 0.5) is 5.69 Å². The third-order valence-electron chi connectivity index (χ3n) is 4.31. The minimum Gasteiger partial charge on any atom is -0.482 e. The molecule has 2 amide bonds. The molecule has 0 unspecified atom stereocenters. The molecule has 2 aliphatic rings. The van der Waals surface area contributed by atoms with Crippen LogP contribution in [0.25, 0.3) is 0 Å². The molecule has 1 aromatic carbocycles. The third-order valence-corrected chi connectivity index (χ3v) is 6.08. The quantitative estimate of drug-likeness (QED) is 0.653. The van der Waals surface area contributed by atoms with Crippen LogP contribution in [0.15, 0.2) is 24.3 Å². The topological polar surface area (TPSA) is 119 Å². The molecule has 1 fully saturated rings. The van der Waals surface area contributed by atoms with E-state index >= 15 is 0 Å². The zero-order valence-corrected chi connectivity index (χ0v) is 15.4. The lowest BCUT2D eigenvalue weighted by Gasteiger charge is -2.28. The number of esters is 1. The molecule has 3 rings (SSSR count). The van der Waals surface area contributed by atoms with E-state index < -0.39 is 34.4 Å². The SMILES string of the molecule is O=C(COC(=O)CCN1C(=O)COc2ccccc21)N[C@H]1CCS(=O)(=O)C1. The maximum Gasteiger partial charge on any atom is 0.308 e. The Bertz CT molecular complexity index is 853. The third kappa shape index (κ3) is 4.97. The molecule has 9 nitrogen and oxygen atoms in total. The van der Waals surface area contributed by atoms with Gasteiger partial charge in [-0.2, -0.15) is 0 Å². The van der Waals surface area contributed by atoms with Crippen LogP contribution in [0.3, 0.4) is 0 Å². The summed E-state index contributed by atoms with van der Waals surface area (Å²) in [7, 11) is -3.09. The summed E-state index contributed by atoms with van der Waals surface area (Å²) in [5.74, 6) is -0.907. The van der Waals surface area contributed by atoms with E-state index in [1.807, 2.05) is 0 Å². The highest BCUT2D eigenvalue weighted by Crippen LogP contribution is 2.31. The number of sulfone groups is 1. The van der Waals surface area contributed by atoms with Gasteiger partial charge in [0.25, 0.3) is 11.8 Å². The molecule has 0 bridgehead atoms. The largest absolute Gasteiger partial charge is 0.482 e. The highest BCUT2D eigenvalue weighted by atomic mass is 32.2. The Morgan fingerprint density at radius 3 is 2.81 bits per heavy atom. The number of anilines is 1. The number of hydrogen-bond donors (Lipinski definition) is 1. The Morgan fingerprint density at radius 1 is 1.30 bits per heavy atom. The molecule has 0 aliphatic carbocycles. The van der Waals surface area contributed by atoms with E-state index in [1.54, 1.807) is 24.3 Å². The zero-order chi connectivity index (χ0) is 19.4. The Kier molecular flexibility index (Phi) is 5.64. The monoisotopic (exact) mass is 396 g/mol. The number of rotatable bonds is 6. The van der Waals surface area contributed by atoms with Crippen LogP contribution in [-0.4, -0.2) is 63.5 Å². The van der Waals surface area contributed by atoms with Gasteiger partial charge in [0, 0.05) is 12.6 Å². The van der Waals surface area contributed by atoms with Gasteiger partial charge in [-0.25, -0.2) is 8.42 Å². The van der Waals surface area contributed by atoms with E-state index in [0.29, 0.717) is 17.9 Å². The van der Waals surface area contributed by atoms with E-state index in [9.17, 15) is 22.8 Å². The number of carbonyl (C=O) groups excluding carboxylic acids is 3. The van der Waals surface area contributed by atoms with Crippen molar-refractivity contribution in [3.05, 3.63) is 24.3 Å². The highest BCUT2D eigenvalue weighted by molar-refractivity contribution is 7.91. The molecule has 27 heavy (non-hydrogen) atoms. The van der Waals surface area contributed by atoms with E-state index in [2.05, 4.69) is 5.32 Å². The Balaban J connectivity index is 1.44. The van der Waals surface area contributed by atoms with Crippen molar-refractivity contribution in [1.29, 1.82) is 0 Å². The fourth-order valence-corrected chi connectivity index (χ4v) is 4.67. The number of benzene rings is 1. The normalized spacial score (nSPS) is 20.5. The van der Waals surface area contributed by atoms with Crippen molar-refractivity contribution in [3.63, 3.8) is 0 Å². The Labute approximate surface area is 156 Å². The lowest BCUT2D eigenvalue weighted by Crippen LogP contribution is -2.40. The second-order valence-electron chi connectivity index (χ2n) is 6.38. The average molecular weight is 396 g/mol. The molecule has 10 heteroatoms. The van der Waals surface area contributed by atoms with Crippen molar-refractivity contribution in [1.82, 2.24) is 5.32 Å². The minimum atomic E-state index is -3.09. The first-order chi connectivity index (χ1) is 12.8. The van der Waals surface area contributed by atoms with Gasteiger partial charge in [-0.1, -0.05) is 12.1 Å². The first kappa shape index (κ1) is 19.2. The molecule has 1 atom stereocenters. The first-order valence-corrected chi connectivity index (χ1v) is 10.3. The lowest BCUT2D eigenvalue weighted by molar-refractivity contribution is -0.148. The van der Waals surface area contributed by atoms with E-state index in [4.69, 9.17) is 9.47 Å². The fraction of sp³-hybridized carbons (Fsp3) is 0.471. The molecule has 0 saturated carbocycles. The van der Waals surface area contributed by atoms with Gasteiger partial charge in [0.2, 0.25) is 0 Å². The average Bonchev–Trinajstić information content (AvgIpc) is 2.97. The number of carbonyl (C=O) groups is 3. The molecule has 1 saturated heterocycles. The van der Waals surface area contributed by atoms with Crippen molar-refractivity contribution in [2.24, 2.45) is 0 Å². The van der Waals surface area contributed by atoms with Crippen LogP contribution in [-0.2, 0) is 29.0 Å². The number of nitrogens with zero attached hydrogens (tertiary/aromatic N) is 1. The molecular formula is C17H20N2O7S. The summed E-state index contributed by atoms with van der Waals surface area (Å²) in [6.07, 6.45) is 0.283. The molecule has 0 spiro atoms. The number of fused-ring (bicyclic) bond motifs is 1. The molecular weight excluding hydrogens is 376 g/mol. The minimum absolute atomic E-state index is 0.0484. The molecule has 1 N–H and O–H groups in total. The Morgan fingerprint density at radius 2 is 2.07 bits per heavy atom. The van der Waals surface area contributed by atoms with Crippen LogP contribution in [0.1, 0.15) is 12.8 Å². The summed E-state index contributed by atoms with van der Waals surface area (Å²) in [5.41, 5.74) is 0.585. The summed E-state index contributed by atoms with van der Waals surface area (Å²) >= 11 is 0. The van der Waals surface area contributed by atoms with Gasteiger partial charge < -0.3 is 19.7 Å². The van der Waals surface area contributed by atoms with Gasteiger partial charge in [-0.05, 0) is 18.6 Å². The van der Waals surface area contributed by atoms with Crippen LogP contribution in [0.2, 0.25) is 0 Å². The lowest BCUT2D eigenvalue weighted by atomic mass is 10.2. The van der Waals surface area contributed by atoms with E-state index in [0.717, 1.165) is 0 Å². The zero-order valence-electron chi connectivity index (χ0n) is 14.5. The molecule has 0 radical (unpaired) electrons. The number of nitrogens with one attached hydrogen (secondary N) is 1. The van der Waals surface area contributed by atoms with E-state index in [-0.39, 0.29) is 37.0 Å². The van der Waals surface area contributed by atoms with Crippen molar-refractivity contribution >= 4 is 33.3 Å². The maximum absolute atomic E-state index is 12.0. The fourth-order valence-electron chi connectivity index (χ4n) is 3.00. The predicted molar refractivity (Wildman–Crippen MR) is 95.1 cm³/mol. The molecule has 2 heterocycles. The van der Waals surface area contributed by atoms with Gasteiger partial charge in [0.15, 0.2) is 23.1 Å². The van der Waals surface area contributed by atoms with Gasteiger partial charge in [0.1, 0.15) is 5.75 Å². The standard InChI is InChI=1S/C17H20N2O7S/c20-15(18-12-6-8-27(23,24)11-12)9-26-17(22)5-7-19-13-3-1-2-4-14(13)25-10-16(19)21/h1-4,12H,5-11H2,(H,18,20)/t12-/m0/s1. The van der Waals surface area contributed by atoms with Gasteiger partial charge in [-0.3, -0.25) is 14.4 Å². The summed E-state index contributed by atoms with van der Waals surface area (Å²) in [5, 5.41) is 2.54. The van der Waals surface area contributed by atoms with Gasteiger partial charge in [-0.15, -0.1) is 0 Å². The summed E-state index contributed by atoms with van der Waals surface area (Å²) in [4.78, 5) is 37.1. The van der Waals surface area contributed by atoms with Crippen molar-refractivity contribution in [3.8, 4) is 5.75 Å².